The van der Waals surface area contributed by atoms with E-state index in [1.807, 2.05) is 6.07 Å². The SMILES string of the molecule is CCCCC(CN)NC(=O)Cc1cc(Cl)c2c(c1)OCCO2.Cl. The summed E-state index contributed by atoms with van der Waals surface area (Å²) in [7, 11) is 0. The van der Waals surface area contributed by atoms with Gasteiger partial charge in [-0.1, -0.05) is 31.4 Å². The minimum atomic E-state index is -0.0562. The van der Waals surface area contributed by atoms with Gasteiger partial charge in [0.15, 0.2) is 11.5 Å². The highest BCUT2D eigenvalue weighted by atomic mass is 35.5. The number of nitrogens with two attached hydrogens (primary N) is 1. The van der Waals surface area contributed by atoms with Gasteiger partial charge in [0.2, 0.25) is 5.91 Å². The summed E-state index contributed by atoms with van der Waals surface area (Å²) in [4.78, 5) is 12.1. The minimum absolute atomic E-state index is 0. The van der Waals surface area contributed by atoms with Crippen molar-refractivity contribution in [1.29, 1.82) is 0 Å². The van der Waals surface area contributed by atoms with Crippen LogP contribution in [-0.4, -0.2) is 31.7 Å². The molecular weight excluding hydrogens is 339 g/mol. The van der Waals surface area contributed by atoms with E-state index in [0.717, 1.165) is 24.8 Å². The summed E-state index contributed by atoms with van der Waals surface area (Å²) >= 11 is 6.18. The summed E-state index contributed by atoms with van der Waals surface area (Å²) in [5.74, 6) is 1.10. The van der Waals surface area contributed by atoms with Crippen molar-refractivity contribution in [2.24, 2.45) is 5.73 Å². The van der Waals surface area contributed by atoms with E-state index in [1.54, 1.807) is 6.07 Å². The molecule has 0 aromatic heterocycles. The summed E-state index contributed by atoms with van der Waals surface area (Å²) in [6.45, 7) is 3.55. The summed E-state index contributed by atoms with van der Waals surface area (Å²) < 4.78 is 11.0. The Kier molecular flexibility index (Phi) is 8.52. The highest BCUT2D eigenvalue weighted by Gasteiger charge is 2.18. The number of halogens is 2. The molecule has 3 N–H and O–H groups in total. The number of fused-ring (bicyclic) bond motifs is 1. The fourth-order valence-electron chi connectivity index (χ4n) is 2.43. The molecule has 1 atom stereocenters. The van der Waals surface area contributed by atoms with Gasteiger partial charge in [-0.25, -0.2) is 0 Å². The lowest BCUT2D eigenvalue weighted by molar-refractivity contribution is -0.121. The Labute approximate surface area is 148 Å². The molecule has 7 heteroatoms. The molecule has 0 aliphatic carbocycles. The number of hydrogen-bond donors (Lipinski definition) is 2. The largest absolute Gasteiger partial charge is 0.486 e. The first-order valence-electron chi connectivity index (χ1n) is 7.71. The first-order chi connectivity index (χ1) is 10.6. The van der Waals surface area contributed by atoms with Gasteiger partial charge in [-0.15, -0.1) is 12.4 Å². The van der Waals surface area contributed by atoms with Crippen molar-refractivity contribution in [2.45, 2.75) is 38.6 Å². The molecule has 0 radical (unpaired) electrons. The number of rotatable bonds is 7. The fourth-order valence-corrected chi connectivity index (χ4v) is 2.72. The summed E-state index contributed by atoms with van der Waals surface area (Å²) in [6.07, 6.45) is 3.29. The van der Waals surface area contributed by atoms with Crippen molar-refractivity contribution >= 4 is 29.9 Å². The van der Waals surface area contributed by atoms with Gasteiger partial charge in [-0.3, -0.25) is 4.79 Å². The number of ether oxygens (including phenoxy) is 2. The van der Waals surface area contributed by atoms with E-state index in [-0.39, 0.29) is 30.8 Å². The highest BCUT2D eigenvalue weighted by molar-refractivity contribution is 6.32. The van der Waals surface area contributed by atoms with Gasteiger partial charge >= 0.3 is 0 Å². The van der Waals surface area contributed by atoms with Gasteiger partial charge in [0.05, 0.1) is 11.4 Å². The molecule has 1 aromatic rings. The first kappa shape index (κ1) is 19.9. The summed E-state index contributed by atoms with van der Waals surface area (Å²) in [5.41, 5.74) is 6.50. The Hall–Kier alpha value is -1.17. The molecule has 0 fully saturated rings. The number of nitrogens with one attached hydrogen (secondary N) is 1. The number of carbonyl (C=O) groups excluding carboxylic acids is 1. The average molecular weight is 363 g/mol. The zero-order valence-corrected chi connectivity index (χ0v) is 14.8. The van der Waals surface area contributed by atoms with Crippen LogP contribution >= 0.6 is 24.0 Å². The lowest BCUT2D eigenvalue weighted by atomic mass is 10.1. The second-order valence-electron chi connectivity index (χ2n) is 5.42. The van der Waals surface area contributed by atoms with Gasteiger partial charge < -0.3 is 20.5 Å². The average Bonchev–Trinajstić information content (AvgIpc) is 2.51. The third-order valence-corrected chi connectivity index (χ3v) is 3.86. The van der Waals surface area contributed by atoms with Crippen LogP contribution in [0.5, 0.6) is 11.5 Å². The molecule has 1 aliphatic rings. The molecule has 0 saturated carbocycles. The van der Waals surface area contributed by atoms with Crippen LogP contribution in [0.4, 0.5) is 0 Å². The Balaban J connectivity index is 0.00000264. The van der Waals surface area contributed by atoms with Gasteiger partial charge in [0.25, 0.3) is 0 Å². The number of amides is 1. The third-order valence-electron chi connectivity index (χ3n) is 3.58. The number of unbranched alkanes of at least 4 members (excludes halogenated alkanes) is 1. The normalized spacial score (nSPS) is 13.9. The Morgan fingerprint density at radius 2 is 2.13 bits per heavy atom. The topological polar surface area (TPSA) is 73.6 Å². The second-order valence-corrected chi connectivity index (χ2v) is 5.83. The van der Waals surface area contributed by atoms with Crippen LogP contribution in [-0.2, 0) is 11.2 Å². The first-order valence-corrected chi connectivity index (χ1v) is 8.09. The minimum Gasteiger partial charge on any atom is -0.486 e. The summed E-state index contributed by atoms with van der Waals surface area (Å²) in [6, 6.07) is 3.59. The van der Waals surface area contributed by atoms with Crippen molar-refractivity contribution in [3.8, 4) is 11.5 Å². The van der Waals surface area contributed by atoms with Crippen molar-refractivity contribution in [3.05, 3.63) is 22.7 Å². The molecule has 1 amide bonds. The highest BCUT2D eigenvalue weighted by Crippen LogP contribution is 2.38. The van der Waals surface area contributed by atoms with Crippen LogP contribution in [0.1, 0.15) is 31.7 Å². The number of hydrogen-bond acceptors (Lipinski definition) is 4. The van der Waals surface area contributed by atoms with Gasteiger partial charge in [0, 0.05) is 12.6 Å². The maximum absolute atomic E-state index is 12.1. The van der Waals surface area contributed by atoms with E-state index < -0.39 is 0 Å². The second kappa shape index (κ2) is 9.85. The quantitative estimate of drug-likeness (QED) is 0.781. The molecule has 0 spiro atoms. The zero-order chi connectivity index (χ0) is 15.9. The maximum atomic E-state index is 12.1. The van der Waals surface area contributed by atoms with Crippen LogP contribution in [0.15, 0.2) is 12.1 Å². The van der Waals surface area contributed by atoms with Crippen LogP contribution in [0, 0.1) is 0 Å². The van der Waals surface area contributed by atoms with Crippen molar-refractivity contribution in [2.75, 3.05) is 19.8 Å². The Morgan fingerprint density at radius 1 is 1.39 bits per heavy atom. The predicted octanol–water partition coefficient (Wildman–Crippen LogP) is 2.71. The van der Waals surface area contributed by atoms with E-state index in [2.05, 4.69) is 12.2 Å². The van der Waals surface area contributed by atoms with Crippen molar-refractivity contribution < 1.29 is 14.3 Å². The standard InChI is InChI=1S/C16H23ClN2O3.ClH/c1-2-3-4-12(10-18)19-15(20)9-11-7-13(17)16-14(8-11)21-5-6-22-16;/h7-8,12H,2-6,9-10,18H2,1H3,(H,19,20);1H. The van der Waals surface area contributed by atoms with Gasteiger partial charge in [-0.2, -0.15) is 0 Å². The van der Waals surface area contributed by atoms with Gasteiger partial charge in [0.1, 0.15) is 13.2 Å². The molecular formula is C16H24Cl2N2O3. The molecule has 1 unspecified atom stereocenters. The smallest absolute Gasteiger partial charge is 0.224 e. The number of benzene rings is 1. The molecule has 23 heavy (non-hydrogen) atoms. The van der Waals surface area contributed by atoms with Crippen molar-refractivity contribution in [3.63, 3.8) is 0 Å². The number of carbonyl (C=O) groups is 1. The fraction of sp³-hybridized carbons (Fsp3) is 0.562. The van der Waals surface area contributed by atoms with Crippen LogP contribution < -0.4 is 20.5 Å². The van der Waals surface area contributed by atoms with Gasteiger partial charge in [-0.05, 0) is 24.1 Å². The van der Waals surface area contributed by atoms with Crippen LogP contribution in [0.3, 0.4) is 0 Å². The predicted molar refractivity (Wildman–Crippen MR) is 93.9 cm³/mol. The molecule has 1 heterocycles. The molecule has 0 bridgehead atoms. The van der Waals surface area contributed by atoms with E-state index >= 15 is 0 Å². The van der Waals surface area contributed by atoms with E-state index in [9.17, 15) is 4.79 Å². The van der Waals surface area contributed by atoms with Crippen LogP contribution in [0.2, 0.25) is 5.02 Å². The molecule has 130 valence electrons. The maximum Gasteiger partial charge on any atom is 0.224 e. The van der Waals surface area contributed by atoms with E-state index in [1.165, 1.54) is 0 Å². The monoisotopic (exact) mass is 362 g/mol. The van der Waals surface area contributed by atoms with E-state index in [4.69, 9.17) is 26.8 Å². The molecule has 2 rings (SSSR count). The lowest BCUT2D eigenvalue weighted by Gasteiger charge is -2.20. The van der Waals surface area contributed by atoms with Crippen LogP contribution in [0.25, 0.3) is 0 Å². The molecule has 0 saturated heterocycles. The molecule has 5 nitrogen and oxygen atoms in total. The lowest BCUT2D eigenvalue weighted by Crippen LogP contribution is -2.40. The Bertz CT molecular complexity index is 526. The summed E-state index contributed by atoms with van der Waals surface area (Å²) in [5, 5.41) is 3.44. The third kappa shape index (κ3) is 5.75. The molecule has 1 aliphatic heterocycles. The van der Waals surface area contributed by atoms with Crippen molar-refractivity contribution in [1.82, 2.24) is 5.32 Å². The van der Waals surface area contributed by atoms with E-state index in [0.29, 0.717) is 36.3 Å². The molecule has 1 aromatic carbocycles. The Morgan fingerprint density at radius 3 is 2.83 bits per heavy atom. The zero-order valence-electron chi connectivity index (χ0n) is 13.3.